The van der Waals surface area contributed by atoms with Crippen molar-refractivity contribution in [3.8, 4) is 0 Å². The molecule has 0 unspecified atom stereocenters. The molecule has 0 bridgehead atoms. The third-order valence-electron chi connectivity index (χ3n) is 2.70. The van der Waals surface area contributed by atoms with E-state index in [4.69, 9.17) is 0 Å². The lowest BCUT2D eigenvalue weighted by molar-refractivity contribution is 0.0950. The molecule has 0 fully saturated rings. The highest BCUT2D eigenvalue weighted by Gasteiger charge is 2.12. The molecule has 0 spiro atoms. The van der Waals surface area contributed by atoms with E-state index in [1.807, 2.05) is 14.1 Å². The van der Waals surface area contributed by atoms with Crippen LogP contribution >= 0.6 is 0 Å². The van der Waals surface area contributed by atoms with Crippen LogP contribution in [-0.2, 0) is 6.54 Å². The van der Waals surface area contributed by atoms with Crippen LogP contribution in [0.15, 0.2) is 18.9 Å². The Morgan fingerprint density at radius 2 is 2.25 bits per heavy atom. The van der Waals surface area contributed by atoms with Gasteiger partial charge in [0.15, 0.2) is 0 Å². The SMILES string of the molecule is Cc1nc(N(C)C)ncc1C(=O)NCCn1cncn1. The van der Waals surface area contributed by atoms with Crippen molar-refractivity contribution < 1.29 is 4.79 Å². The van der Waals surface area contributed by atoms with E-state index >= 15 is 0 Å². The second kappa shape index (κ2) is 6.09. The molecule has 2 aromatic heterocycles. The zero-order valence-electron chi connectivity index (χ0n) is 11.7. The zero-order valence-corrected chi connectivity index (χ0v) is 11.7. The Kier molecular flexibility index (Phi) is 4.24. The summed E-state index contributed by atoms with van der Waals surface area (Å²) >= 11 is 0. The van der Waals surface area contributed by atoms with Crippen molar-refractivity contribution in [2.45, 2.75) is 13.5 Å². The molecule has 1 amide bonds. The van der Waals surface area contributed by atoms with Gasteiger partial charge in [0, 0.05) is 26.8 Å². The van der Waals surface area contributed by atoms with Crippen LogP contribution in [0.4, 0.5) is 5.95 Å². The number of carbonyl (C=O) groups is 1. The molecular formula is C12H17N7O. The van der Waals surface area contributed by atoms with Gasteiger partial charge < -0.3 is 10.2 Å². The van der Waals surface area contributed by atoms with Gasteiger partial charge >= 0.3 is 0 Å². The summed E-state index contributed by atoms with van der Waals surface area (Å²) in [6, 6.07) is 0. The van der Waals surface area contributed by atoms with Gasteiger partial charge in [-0.15, -0.1) is 0 Å². The average molecular weight is 275 g/mol. The average Bonchev–Trinajstić information content (AvgIpc) is 2.91. The number of rotatable bonds is 5. The van der Waals surface area contributed by atoms with E-state index in [0.717, 1.165) is 0 Å². The van der Waals surface area contributed by atoms with Gasteiger partial charge in [0.05, 0.1) is 17.8 Å². The summed E-state index contributed by atoms with van der Waals surface area (Å²) in [7, 11) is 3.71. The lowest BCUT2D eigenvalue weighted by Crippen LogP contribution is -2.28. The van der Waals surface area contributed by atoms with Gasteiger partial charge in [-0.1, -0.05) is 0 Å². The molecule has 2 rings (SSSR count). The van der Waals surface area contributed by atoms with E-state index in [0.29, 0.717) is 30.3 Å². The summed E-state index contributed by atoms with van der Waals surface area (Å²) in [6.07, 6.45) is 4.61. The number of carbonyl (C=O) groups excluding carboxylic acids is 1. The maximum Gasteiger partial charge on any atom is 0.254 e. The van der Waals surface area contributed by atoms with E-state index < -0.39 is 0 Å². The van der Waals surface area contributed by atoms with E-state index in [9.17, 15) is 4.79 Å². The number of aromatic nitrogens is 5. The maximum absolute atomic E-state index is 12.0. The number of anilines is 1. The molecule has 0 saturated carbocycles. The van der Waals surface area contributed by atoms with Crippen LogP contribution in [0.1, 0.15) is 16.1 Å². The van der Waals surface area contributed by atoms with Gasteiger partial charge in [0.25, 0.3) is 5.91 Å². The number of nitrogens with one attached hydrogen (secondary N) is 1. The highest BCUT2D eigenvalue weighted by atomic mass is 16.1. The topological polar surface area (TPSA) is 88.8 Å². The van der Waals surface area contributed by atoms with E-state index in [2.05, 4.69) is 25.4 Å². The molecule has 0 aliphatic heterocycles. The van der Waals surface area contributed by atoms with Crippen LogP contribution < -0.4 is 10.2 Å². The van der Waals surface area contributed by atoms with Crippen molar-refractivity contribution in [2.24, 2.45) is 0 Å². The summed E-state index contributed by atoms with van der Waals surface area (Å²) in [5.74, 6) is 0.398. The maximum atomic E-state index is 12.0. The first kappa shape index (κ1) is 13.9. The third kappa shape index (κ3) is 3.28. The Morgan fingerprint density at radius 1 is 1.45 bits per heavy atom. The van der Waals surface area contributed by atoms with Gasteiger partial charge in [-0.3, -0.25) is 9.48 Å². The fourth-order valence-corrected chi connectivity index (χ4v) is 1.62. The molecular weight excluding hydrogens is 258 g/mol. The van der Waals surface area contributed by atoms with Gasteiger partial charge in [0.2, 0.25) is 5.95 Å². The molecule has 0 radical (unpaired) electrons. The Labute approximate surface area is 116 Å². The largest absolute Gasteiger partial charge is 0.350 e. The van der Waals surface area contributed by atoms with E-state index in [1.165, 1.54) is 6.33 Å². The fourth-order valence-electron chi connectivity index (χ4n) is 1.62. The number of aryl methyl sites for hydroxylation is 1. The minimum Gasteiger partial charge on any atom is -0.350 e. The van der Waals surface area contributed by atoms with Crippen LogP contribution in [0.2, 0.25) is 0 Å². The third-order valence-corrected chi connectivity index (χ3v) is 2.70. The van der Waals surface area contributed by atoms with Crippen molar-refractivity contribution >= 4 is 11.9 Å². The molecule has 0 atom stereocenters. The minimum atomic E-state index is -0.187. The Balaban J connectivity index is 1.95. The molecule has 1 N–H and O–H groups in total. The van der Waals surface area contributed by atoms with Crippen molar-refractivity contribution in [3.63, 3.8) is 0 Å². The van der Waals surface area contributed by atoms with Gasteiger partial charge in [0.1, 0.15) is 12.7 Å². The van der Waals surface area contributed by atoms with E-state index in [1.54, 1.807) is 29.0 Å². The standard InChI is InChI=1S/C12H17N7O/c1-9-10(6-15-12(17-9)18(2)3)11(20)14-4-5-19-8-13-7-16-19/h6-8H,4-5H2,1-3H3,(H,14,20). The first-order valence-corrected chi connectivity index (χ1v) is 6.19. The second-order valence-corrected chi connectivity index (χ2v) is 4.48. The van der Waals surface area contributed by atoms with Gasteiger partial charge in [-0.25, -0.2) is 15.0 Å². The Hall–Kier alpha value is -2.51. The normalized spacial score (nSPS) is 10.3. The highest BCUT2D eigenvalue weighted by molar-refractivity contribution is 5.94. The molecule has 8 nitrogen and oxygen atoms in total. The molecule has 106 valence electrons. The quantitative estimate of drug-likeness (QED) is 0.818. The molecule has 2 aromatic rings. The molecule has 0 saturated heterocycles. The zero-order chi connectivity index (χ0) is 14.5. The van der Waals surface area contributed by atoms with Crippen LogP contribution in [0.25, 0.3) is 0 Å². The fraction of sp³-hybridized carbons (Fsp3) is 0.417. The number of hydrogen-bond donors (Lipinski definition) is 1. The number of hydrogen-bond acceptors (Lipinski definition) is 6. The summed E-state index contributed by atoms with van der Waals surface area (Å²) < 4.78 is 1.65. The second-order valence-electron chi connectivity index (χ2n) is 4.48. The Bertz CT molecular complexity index is 579. The van der Waals surface area contributed by atoms with E-state index in [-0.39, 0.29) is 5.91 Å². The molecule has 2 heterocycles. The monoisotopic (exact) mass is 275 g/mol. The smallest absolute Gasteiger partial charge is 0.254 e. The van der Waals surface area contributed by atoms with Crippen molar-refractivity contribution in [3.05, 3.63) is 30.1 Å². The highest BCUT2D eigenvalue weighted by Crippen LogP contribution is 2.08. The first-order chi connectivity index (χ1) is 9.58. The summed E-state index contributed by atoms with van der Waals surface area (Å²) in [6.45, 7) is 2.83. The summed E-state index contributed by atoms with van der Waals surface area (Å²) in [5, 5.41) is 6.76. The van der Waals surface area contributed by atoms with Crippen LogP contribution in [-0.4, -0.2) is 51.3 Å². The van der Waals surface area contributed by atoms with Crippen LogP contribution in [0.3, 0.4) is 0 Å². The minimum absolute atomic E-state index is 0.187. The predicted octanol–water partition coefficient (Wildman–Crippen LogP) is -0.127. The summed E-state index contributed by atoms with van der Waals surface area (Å²) in [5.41, 5.74) is 1.14. The Morgan fingerprint density at radius 3 is 2.85 bits per heavy atom. The van der Waals surface area contributed by atoms with Crippen LogP contribution in [0.5, 0.6) is 0 Å². The molecule has 8 heteroatoms. The van der Waals surface area contributed by atoms with Crippen molar-refractivity contribution in [2.75, 3.05) is 25.5 Å². The van der Waals surface area contributed by atoms with Gasteiger partial charge in [-0.2, -0.15) is 5.10 Å². The van der Waals surface area contributed by atoms with Crippen molar-refractivity contribution in [1.29, 1.82) is 0 Å². The van der Waals surface area contributed by atoms with Crippen LogP contribution in [0, 0.1) is 6.92 Å². The number of nitrogens with zero attached hydrogens (tertiary/aromatic N) is 6. The molecule has 0 aliphatic rings. The lowest BCUT2D eigenvalue weighted by Gasteiger charge is -2.12. The molecule has 0 aromatic carbocycles. The molecule has 20 heavy (non-hydrogen) atoms. The lowest BCUT2D eigenvalue weighted by atomic mass is 10.2. The summed E-state index contributed by atoms with van der Waals surface area (Å²) in [4.78, 5) is 26.1. The molecule has 0 aliphatic carbocycles. The number of amides is 1. The first-order valence-electron chi connectivity index (χ1n) is 6.19. The van der Waals surface area contributed by atoms with Crippen molar-refractivity contribution in [1.82, 2.24) is 30.0 Å². The van der Waals surface area contributed by atoms with Gasteiger partial charge in [-0.05, 0) is 6.92 Å². The predicted molar refractivity (Wildman–Crippen MR) is 73.5 cm³/mol.